The van der Waals surface area contributed by atoms with Crippen LogP contribution in [-0.2, 0) is 11.3 Å². The minimum Gasteiger partial charge on any atom is -0.539 e. The van der Waals surface area contributed by atoms with E-state index in [9.17, 15) is 9.90 Å². The van der Waals surface area contributed by atoms with Crippen molar-refractivity contribution < 1.29 is 23.8 Å². The molecule has 1 heterocycles. The van der Waals surface area contributed by atoms with Crippen LogP contribution in [0.3, 0.4) is 0 Å². The molecule has 7 heteroatoms. The van der Waals surface area contributed by atoms with Crippen LogP contribution in [0.5, 0.6) is 11.7 Å². The van der Waals surface area contributed by atoms with Crippen molar-refractivity contribution in [1.82, 2.24) is 10.2 Å². The van der Waals surface area contributed by atoms with Crippen molar-refractivity contribution in [1.29, 1.82) is 0 Å². The van der Waals surface area contributed by atoms with Gasteiger partial charge in [0.2, 0.25) is 11.6 Å². The Hall–Kier alpha value is -2.57. The fraction of sp³-hybridized carbons (Fsp3) is 0.308. The Morgan fingerprint density at radius 1 is 1.45 bits per heavy atom. The normalized spacial score (nSPS) is 10.3. The molecule has 1 aromatic carbocycles. The number of amides is 1. The highest BCUT2D eigenvalue weighted by Gasteiger charge is 2.22. The second kappa shape index (κ2) is 5.60. The zero-order valence-electron chi connectivity index (χ0n) is 11.5. The van der Waals surface area contributed by atoms with Gasteiger partial charge in [0.25, 0.3) is 5.69 Å². The maximum Gasteiger partial charge on any atom is 0.259 e. The summed E-state index contributed by atoms with van der Waals surface area (Å²) in [4.78, 5) is 12.7. The molecule has 1 aromatic heterocycles. The molecule has 0 atom stereocenters. The summed E-state index contributed by atoms with van der Waals surface area (Å²) in [6.07, 6.45) is 0. The van der Waals surface area contributed by atoms with E-state index in [4.69, 9.17) is 4.74 Å². The van der Waals surface area contributed by atoms with Crippen LogP contribution in [0.1, 0.15) is 12.6 Å². The average molecular weight is 277 g/mol. The van der Waals surface area contributed by atoms with Gasteiger partial charge in [-0.05, 0) is 16.8 Å². The summed E-state index contributed by atoms with van der Waals surface area (Å²) in [7, 11) is 3.17. The van der Waals surface area contributed by atoms with Gasteiger partial charge in [0, 0.05) is 26.1 Å². The van der Waals surface area contributed by atoms with Gasteiger partial charge in [-0.2, -0.15) is 0 Å². The quantitative estimate of drug-likeness (QED) is 0.735. The Bertz CT molecular complexity index is 607. The molecule has 0 saturated carbocycles. The summed E-state index contributed by atoms with van der Waals surface area (Å²) in [5.74, 6) is -0.0107. The van der Waals surface area contributed by atoms with Gasteiger partial charge >= 0.3 is 0 Å². The van der Waals surface area contributed by atoms with E-state index in [-0.39, 0.29) is 18.1 Å². The summed E-state index contributed by atoms with van der Waals surface area (Å²) in [6, 6.07) is 7.00. The molecule has 2 rings (SSSR count). The highest BCUT2D eigenvalue weighted by Crippen LogP contribution is 2.15. The first-order chi connectivity index (χ1) is 9.52. The lowest BCUT2D eigenvalue weighted by Gasteiger charge is -2.11. The minimum absolute atomic E-state index is 0.129. The number of aromatic nitrogens is 2. The van der Waals surface area contributed by atoms with E-state index < -0.39 is 5.95 Å². The van der Waals surface area contributed by atoms with Crippen molar-refractivity contribution in [2.24, 2.45) is 0 Å². The van der Waals surface area contributed by atoms with Crippen molar-refractivity contribution in [3.63, 3.8) is 0 Å². The van der Waals surface area contributed by atoms with Crippen LogP contribution in [-0.4, -0.2) is 30.2 Å². The highest BCUT2D eigenvalue weighted by atomic mass is 16.6. The largest absolute Gasteiger partial charge is 0.539 e. The predicted molar refractivity (Wildman–Crippen MR) is 66.2 cm³/mol. The van der Waals surface area contributed by atoms with Crippen LogP contribution in [0.15, 0.2) is 28.8 Å². The van der Waals surface area contributed by atoms with Crippen molar-refractivity contribution in [3.8, 4) is 17.4 Å². The number of hydrogen-bond acceptors (Lipinski definition) is 5. The Labute approximate surface area is 116 Å². The topological polar surface area (TPSA) is 82.5 Å². The van der Waals surface area contributed by atoms with Gasteiger partial charge in [0.1, 0.15) is 12.3 Å². The number of nitrogens with zero attached hydrogens (tertiary/aromatic N) is 3. The Morgan fingerprint density at radius 3 is 2.65 bits per heavy atom. The van der Waals surface area contributed by atoms with Gasteiger partial charge in [-0.15, -0.1) is 0 Å². The van der Waals surface area contributed by atoms with Gasteiger partial charge in [0.15, 0.2) is 5.95 Å². The van der Waals surface area contributed by atoms with Crippen molar-refractivity contribution in [2.75, 3.05) is 14.2 Å². The molecule has 0 fully saturated rings. The Morgan fingerprint density at radius 2 is 2.10 bits per heavy atom. The lowest BCUT2D eigenvalue weighted by molar-refractivity contribution is -0.678. The molecule has 106 valence electrons. The maximum atomic E-state index is 11.7. The fourth-order valence-corrected chi connectivity index (χ4v) is 1.66. The molecule has 7 nitrogen and oxygen atoms in total. The summed E-state index contributed by atoms with van der Waals surface area (Å²) < 4.78 is 11.1. The predicted octanol–water partition coefficient (Wildman–Crippen LogP) is 0.0118. The summed E-state index contributed by atoms with van der Waals surface area (Å²) >= 11 is 0. The molecular formula is C13H15N3O4. The third-order valence-electron chi connectivity index (χ3n) is 2.94. The second-order valence-corrected chi connectivity index (χ2v) is 4.29. The Kier molecular flexibility index (Phi) is 3.88. The fourth-order valence-electron chi connectivity index (χ4n) is 1.66. The van der Waals surface area contributed by atoms with Crippen LogP contribution < -0.4 is 14.5 Å². The van der Waals surface area contributed by atoms with Gasteiger partial charge < -0.3 is 19.3 Å². The molecule has 0 aliphatic rings. The van der Waals surface area contributed by atoms with Gasteiger partial charge in [-0.3, -0.25) is 4.79 Å². The van der Waals surface area contributed by atoms with E-state index in [0.29, 0.717) is 11.4 Å². The summed E-state index contributed by atoms with van der Waals surface area (Å²) in [6.45, 7) is 1.55. The zero-order valence-corrected chi connectivity index (χ0v) is 11.5. The molecule has 2 aromatic rings. The molecule has 1 amide bonds. The number of methoxy groups -OCH3 is 1. The van der Waals surface area contributed by atoms with E-state index in [1.807, 2.05) is 0 Å². The first-order valence-electron chi connectivity index (χ1n) is 5.97. The minimum atomic E-state index is -0.561. The average Bonchev–Trinajstić information content (AvgIpc) is 2.80. The molecule has 0 unspecified atom stereocenters. The lowest BCUT2D eigenvalue weighted by Crippen LogP contribution is -2.40. The van der Waals surface area contributed by atoms with Crippen LogP contribution in [0, 0.1) is 0 Å². The first-order valence-corrected chi connectivity index (χ1v) is 5.97. The molecule has 0 radical (unpaired) electrons. The SMILES string of the molecule is COc1ccc(-[n+]2noc([O-])c2CN(C)C(C)=O)cc1. The number of carbonyl (C=O) groups is 1. The van der Waals surface area contributed by atoms with Gasteiger partial charge in [-0.1, -0.05) is 0 Å². The smallest absolute Gasteiger partial charge is 0.259 e. The zero-order chi connectivity index (χ0) is 14.7. The lowest BCUT2D eigenvalue weighted by atomic mass is 10.3. The number of ether oxygens (including phenoxy) is 1. The second-order valence-electron chi connectivity index (χ2n) is 4.29. The van der Waals surface area contributed by atoms with Crippen LogP contribution in [0.4, 0.5) is 0 Å². The first kappa shape index (κ1) is 13.9. The molecule has 0 spiro atoms. The van der Waals surface area contributed by atoms with Gasteiger partial charge in [0.05, 0.1) is 12.4 Å². The number of carbonyl (C=O) groups excluding carboxylic acids is 1. The molecule has 0 N–H and O–H groups in total. The molecule has 0 bridgehead atoms. The third kappa shape index (κ3) is 2.71. The van der Waals surface area contributed by atoms with E-state index in [0.717, 1.165) is 0 Å². The van der Waals surface area contributed by atoms with Gasteiger partial charge in [-0.25, -0.2) is 0 Å². The van der Waals surface area contributed by atoms with Crippen molar-refractivity contribution in [2.45, 2.75) is 13.5 Å². The highest BCUT2D eigenvalue weighted by molar-refractivity contribution is 5.72. The Balaban J connectivity index is 2.34. The number of benzene rings is 1. The molecule has 20 heavy (non-hydrogen) atoms. The van der Waals surface area contributed by atoms with Crippen LogP contribution in [0.2, 0.25) is 0 Å². The number of rotatable bonds is 4. The summed E-state index contributed by atoms with van der Waals surface area (Å²) in [5.41, 5.74) is 0.941. The van der Waals surface area contributed by atoms with Crippen LogP contribution in [0.25, 0.3) is 5.69 Å². The van der Waals surface area contributed by atoms with Crippen molar-refractivity contribution in [3.05, 3.63) is 30.0 Å². The molecular weight excluding hydrogens is 262 g/mol. The van der Waals surface area contributed by atoms with Crippen LogP contribution >= 0.6 is 0 Å². The molecule has 0 aliphatic heterocycles. The monoisotopic (exact) mass is 277 g/mol. The maximum absolute atomic E-state index is 11.7. The van der Waals surface area contributed by atoms with E-state index in [2.05, 4.69) is 9.79 Å². The third-order valence-corrected chi connectivity index (χ3v) is 2.94. The number of hydrogen-bond donors (Lipinski definition) is 0. The molecule has 0 saturated heterocycles. The van der Waals surface area contributed by atoms with E-state index in [1.54, 1.807) is 38.4 Å². The summed E-state index contributed by atoms with van der Waals surface area (Å²) in [5, 5.41) is 15.4. The van der Waals surface area contributed by atoms with Crippen molar-refractivity contribution >= 4 is 5.91 Å². The van der Waals surface area contributed by atoms with E-state index in [1.165, 1.54) is 16.5 Å². The molecule has 0 aliphatic carbocycles. The van der Waals surface area contributed by atoms with E-state index >= 15 is 0 Å². The standard InChI is InChI=1S/C13H15N3O4/c1-9(17)15(2)8-12-13(18)20-14-16(12)10-4-6-11(19-3)7-5-10/h4-7H,8H2,1-3H3.